The van der Waals surface area contributed by atoms with Gasteiger partial charge in [-0.15, -0.1) is 0 Å². The SMILES string of the molecule is CCNC(CN(CCOC)C(C)C1CC1)c1ccccc1. The first kappa shape index (κ1) is 16.5. The molecule has 0 heterocycles. The molecule has 3 heteroatoms. The zero-order valence-electron chi connectivity index (χ0n) is 13.7. The molecule has 0 aromatic heterocycles. The Kier molecular flexibility index (Phi) is 6.68. The molecule has 21 heavy (non-hydrogen) atoms. The second-order valence-electron chi connectivity index (χ2n) is 6.09. The molecule has 0 saturated heterocycles. The van der Waals surface area contributed by atoms with Crippen LogP contribution in [0.3, 0.4) is 0 Å². The van der Waals surface area contributed by atoms with Crippen molar-refractivity contribution in [3.05, 3.63) is 35.9 Å². The van der Waals surface area contributed by atoms with Crippen molar-refractivity contribution in [2.75, 3.05) is 33.4 Å². The lowest BCUT2D eigenvalue weighted by atomic mass is 10.0. The van der Waals surface area contributed by atoms with Crippen molar-refractivity contribution in [1.29, 1.82) is 0 Å². The van der Waals surface area contributed by atoms with Gasteiger partial charge in [0.25, 0.3) is 0 Å². The van der Waals surface area contributed by atoms with Crippen LogP contribution in [0.4, 0.5) is 0 Å². The Labute approximate surface area is 129 Å². The Hall–Kier alpha value is -0.900. The van der Waals surface area contributed by atoms with Crippen molar-refractivity contribution in [1.82, 2.24) is 10.2 Å². The fraction of sp³-hybridized carbons (Fsp3) is 0.667. The van der Waals surface area contributed by atoms with Gasteiger partial charge in [0.1, 0.15) is 0 Å². The van der Waals surface area contributed by atoms with Crippen LogP contribution in [0.1, 0.15) is 38.3 Å². The summed E-state index contributed by atoms with van der Waals surface area (Å²) in [4.78, 5) is 2.60. The van der Waals surface area contributed by atoms with Crippen molar-refractivity contribution in [3.63, 3.8) is 0 Å². The normalized spacial score (nSPS) is 17.9. The molecular formula is C18H30N2O. The topological polar surface area (TPSA) is 24.5 Å². The number of methoxy groups -OCH3 is 1. The molecule has 1 aromatic carbocycles. The van der Waals surface area contributed by atoms with E-state index in [1.54, 1.807) is 7.11 Å². The molecule has 1 saturated carbocycles. The van der Waals surface area contributed by atoms with E-state index in [1.165, 1.54) is 18.4 Å². The molecule has 1 aliphatic rings. The molecule has 0 amide bonds. The van der Waals surface area contributed by atoms with Crippen LogP contribution in [-0.4, -0.2) is 44.3 Å². The van der Waals surface area contributed by atoms with Gasteiger partial charge >= 0.3 is 0 Å². The van der Waals surface area contributed by atoms with Crippen LogP contribution in [0.15, 0.2) is 30.3 Å². The maximum absolute atomic E-state index is 5.31. The van der Waals surface area contributed by atoms with E-state index < -0.39 is 0 Å². The fourth-order valence-electron chi connectivity index (χ4n) is 3.00. The standard InChI is InChI=1S/C18H30N2O/c1-4-19-18(17-8-6-5-7-9-17)14-20(12-13-21-3)15(2)16-10-11-16/h5-9,15-16,18-19H,4,10-14H2,1-3H3. The number of hydrogen-bond donors (Lipinski definition) is 1. The summed E-state index contributed by atoms with van der Waals surface area (Å²) in [6.45, 7) is 8.43. The first-order valence-corrected chi connectivity index (χ1v) is 8.27. The third kappa shape index (κ3) is 5.10. The van der Waals surface area contributed by atoms with E-state index >= 15 is 0 Å². The monoisotopic (exact) mass is 290 g/mol. The molecule has 0 spiro atoms. The van der Waals surface area contributed by atoms with E-state index in [9.17, 15) is 0 Å². The van der Waals surface area contributed by atoms with E-state index in [4.69, 9.17) is 4.74 Å². The molecule has 118 valence electrons. The van der Waals surface area contributed by atoms with Crippen molar-refractivity contribution in [2.24, 2.45) is 5.92 Å². The molecule has 3 nitrogen and oxygen atoms in total. The minimum absolute atomic E-state index is 0.397. The highest BCUT2D eigenvalue weighted by molar-refractivity contribution is 5.19. The number of nitrogens with zero attached hydrogens (tertiary/aromatic N) is 1. The predicted octanol–water partition coefficient (Wildman–Crippen LogP) is 3.08. The number of rotatable bonds is 10. The predicted molar refractivity (Wildman–Crippen MR) is 88.5 cm³/mol. The molecular weight excluding hydrogens is 260 g/mol. The second-order valence-corrected chi connectivity index (χ2v) is 6.09. The summed E-state index contributed by atoms with van der Waals surface area (Å²) in [5.74, 6) is 0.889. The van der Waals surface area contributed by atoms with Gasteiger partial charge in [0.2, 0.25) is 0 Å². The van der Waals surface area contributed by atoms with Crippen LogP contribution in [0, 0.1) is 5.92 Å². The Morgan fingerprint density at radius 3 is 2.57 bits per heavy atom. The Bertz CT molecular complexity index is 391. The lowest BCUT2D eigenvalue weighted by Gasteiger charge is -2.33. The lowest BCUT2D eigenvalue weighted by Crippen LogP contribution is -2.43. The van der Waals surface area contributed by atoms with Gasteiger partial charge in [-0.2, -0.15) is 0 Å². The van der Waals surface area contributed by atoms with Crippen LogP contribution in [0.5, 0.6) is 0 Å². The van der Waals surface area contributed by atoms with Gasteiger partial charge in [-0.3, -0.25) is 4.90 Å². The van der Waals surface area contributed by atoms with Crippen LogP contribution < -0.4 is 5.32 Å². The third-order valence-corrected chi connectivity index (χ3v) is 4.53. The Balaban J connectivity index is 2.03. The summed E-state index contributed by atoms with van der Waals surface area (Å²) in [6, 6.07) is 11.8. The van der Waals surface area contributed by atoms with E-state index in [0.717, 1.165) is 32.2 Å². The summed E-state index contributed by atoms with van der Waals surface area (Å²) in [5, 5.41) is 3.64. The van der Waals surface area contributed by atoms with E-state index in [-0.39, 0.29) is 0 Å². The lowest BCUT2D eigenvalue weighted by molar-refractivity contribution is 0.108. The van der Waals surface area contributed by atoms with Crippen molar-refractivity contribution >= 4 is 0 Å². The summed E-state index contributed by atoms with van der Waals surface area (Å²) < 4.78 is 5.31. The van der Waals surface area contributed by atoms with Crippen LogP contribution in [-0.2, 0) is 4.74 Å². The Morgan fingerprint density at radius 2 is 2.00 bits per heavy atom. The number of hydrogen-bond acceptors (Lipinski definition) is 3. The minimum Gasteiger partial charge on any atom is -0.383 e. The Morgan fingerprint density at radius 1 is 1.29 bits per heavy atom. The van der Waals surface area contributed by atoms with Gasteiger partial charge in [-0.05, 0) is 37.8 Å². The van der Waals surface area contributed by atoms with Gasteiger partial charge in [0.15, 0.2) is 0 Å². The quantitative estimate of drug-likeness (QED) is 0.716. The number of nitrogens with one attached hydrogen (secondary N) is 1. The zero-order valence-corrected chi connectivity index (χ0v) is 13.7. The molecule has 1 aromatic rings. The average Bonchev–Trinajstić information content (AvgIpc) is 3.35. The van der Waals surface area contributed by atoms with Gasteiger partial charge in [0.05, 0.1) is 6.61 Å². The van der Waals surface area contributed by atoms with E-state index in [0.29, 0.717) is 12.1 Å². The molecule has 2 unspecified atom stereocenters. The van der Waals surface area contributed by atoms with Gasteiger partial charge in [-0.1, -0.05) is 37.3 Å². The van der Waals surface area contributed by atoms with Crippen molar-refractivity contribution in [2.45, 2.75) is 38.8 Å². The molecule has 1 aliphatic carbocycles. The third-order valence-electron chi connectivity index (χ3n) is 4.53. The van der Waals surface area contributed by atoms with Crippen LogP contribution in [0.2, 0.25) is 0 Å². The number of benzene rings is 1. The molecule has 0 bridgehead atoms. The molecule has 1 fully saturated rings. The molecule has 0 radical (unpaired) electrons. The highest BCUT2D eigenvalue weighted by Crippen LogP contribution is 2.35. The molecule has 2 atom stereocenters. The summed E-state index contributed by atoms with van der Waals surface area (Å²) in [6.07, 6.45) is 2.78. The van der Waals surface area contributed by atoms with Gasteiger partial charge in [-0.25, -0.2) is 0 Å². The van der Waals surface area contributed by atoms with Gasteiger partial charge < -0.3 is 10.1 Å². The maximum Gasteiger partial charge on any atom is 0.0589 e. The van der Waals surface area contributed by atoms with E-state index in [1.807, 2.05) is 0 Å². The molecule has 1 N–H and O–H groups in total. The molecule has 2 rings (SSSR count). The maximum atomic E-state index is 5.31. The number of likely N-dealkylation sites (N-methyl/N-ethyl adjacent to an activating group) is 1. The number of ether oxygens (including phenoxy) is 1. The van der Waals surface area contributed by atoms with Crippen LogP contribution in [0.25, 0.3) is 0 Å². The van der Waals surface area contributed by atoms with Crippen molar-refractivity contribution < 1.29 is 4.74 Å². The van der Waals surface area contributed by atoms with Gasteiger partial charge in [0, 0.05) is 32.3 Å². The van der Waals surface area contributed by atoms with E-state index in [2.05, 4.69) is 54.4 Å². The molecule has 0 aliphatic heterocycles. The summed E-state index contributed by atoms with van der Waals surface area (Å²) >= 11 is 0. The first-order chi connectivity index (χ1) is 10.3. The van der Waals surface area contributed by atoms with Crippen LogP contribution >= 0.6 is 0 Å². The minimum atomic E-state index is 0.397. The smallest absolute Gasteiger partial charge is 0.0589 e. The largest absolute Gasteiger partial charge is 0.383 e. The van der Waals surface area contributed by atoms with Crippen molar-refractivity contribution in [3.8, 4) is 0 Å². The first-order valence-electron chi connectivity index (χ1n) is 8.27. The second kappa shape index (κ2) is 8.52. The highest BCUT2D eigenvalue weighted by Gasteiger charge is 2.32. The summed E-state index contributed by atoms with van der Waals surface area (Å²) in [7, 11) is 1.79. The highest BCUT2D eigenvalue weighted by atomic mass is 16.5. The summed E-state index contributed by atoms with van der Waals surface area (Å²) in [5.41, 5.74) is 1.38. The zero-order chi connectivity index (χ0) is 15.1. The average molecular weight is 290 g/mol. The fourth-order valence-corrected chi connectivity index (χ4v) is 3.00.